The molecule has 3 amide bonds. The zero-order chi connectivity index (χ0) is 22.8. The number of carbonyl (C=O) groups excluding carboxylic acids is 3. The van der Waals surface area contributed by atoms with E-state index >= 15 is 0 Å². The minimum atomic E-state index is -0.827. The fourth-order valence-corrected chi connectivity index (χ4v) is 2.53. The fraction of sp³-hybridized carbons (Fsp3) is 0.304. The maximum Gasteiger partial charge on any atom is 0.329 e. The molecular weight excluding hydrogens is 396 g/mol. The van der Waals surface area contributed by atoms with Gasteiger partial charge in [-0.2, -0.15) is 5.10 Å². The molecule has 0 unspecified atom stereocenters. The Morgan fingerprint density at radius 1 is 1.03 bits per heavy atom. The van der Waals surface area contributed by atoms with Gasteiger partial charge >= 0.3 is 11.8 Å². The first kappa shape index (κ1) is 23.6. The Hall–Kier alpha value is -3.68. The van der Waals surface area contributed by atoms with Crippen molar-refractivity contribution in [3.63, 3.8) is 0 Å². The second kappa shape index (κ2) is 11.5. The van der Waals surface area contributed by atoms with Gasteiger partial charge in [0.05, 0.1) is 6.21 Å². The van der Waals surface area contributed by atoms with Crippen LogP contribution in [0.1, 0.15) is 30.5 Å². The monoisotopic (exact) mass is 424 g/mol. The standard InChI is InChI=1S/C23H28N4O4/c1-15(2)12-24-22(29)23(30)27-25-13-18-6-8-19(9-7-18)31-14-21(28)26-20-10-5-16(3)11-17(20)4/h5-11,13,15H,12,14H2,1-4H3,(H,24,29)(H,26,28)(H,27,30)/b25-13-. The largest absolute Gasteiger partial charge is 0.484 e. The summed E-state index contributed by atoms with van der Waals surface area (Å²) >= 11 is 0. The SMILES string of the molecule is Cc1ccc(NC(=O)COc2ccc(/C=N\NC(=O)C(=O)NCC(C)C)cc2)c(C)c1. The highest BCUT2D eigenvalue weighted by atomic mass is 16.5. The number of rotatable bonds is 8. The van der Waals surface area contributed by atoms with E-state index in [4.69, 9.17) is 4.74 Å². The first-order chi connectivity index (χ1) is 14.7. The van der Waals surface area contributed by atoms with Crippen LogP contribution in [0.25, 0.3) is 0 Å². The summed E-state index contributed by atoms with van der Waals surface area (Å²) in [6, 6.07) is 12.6. The van der Waals surface area contributed by atoms with Crippen molar-refractivity contribution < 1.29 is 19.1 Å². The normalized spacial score (nSPS) is 10.7. The zero-order valence-corrected chi connectivity index (χ0v) is 18.2. The maximum atomic E-state index is 12.1. The van der Waals surface area contributed by atoms with Gasteiger partial charge in [0.1, 0.15) is 5.75 Å². The molecule has 0 aliphatic heterocycles. The van der Waals surface area contributed by atoms with E-state index < -0.39 is 11.8 Å². The van der Waals surface area contributed by atoms with Gasteiger partial charge in [-0.15, -0.1) is 0 Å². The molecule has 2 rings (SSSR count). The van der Waals surface area contributed by atoms with Crippen LogP contribution in [0.3, 0.4) is 0 Å². The number of nitrogens with zero attached hydrogens (tertiary/aromatic N) is 1. The molecule has 8 nitrogen and oxygen atoms in total. The first-order valence-electron chi connectivity index (χ1n) is 9.96. The summed E-state index contributed by atoms with van der Waals surface area (Å²) in [5.74, 6) is -1.04. The quantitative estimate of drug-likeness (QED) is 0.344. The number of benzene rings is 2. The topological polar surface area (TPSA) is 109 Å². The lowest BCUT2D eigenvalue weighted by Crippen LogP contribution is -2.39. The van der Waals surface area contributed by atoms with E-state index in [0.29, 0.717) is 17.9 Å². The molecule has 0 aromatic heterocycles. The van der Waals surface area contributed by atoms with E-state index in [1.807, 2.05) is 45.9 Å². The van der Waals surface area contributed by atoms with Crippen molar-refractivity contribution in [2.24, 2.45) is 11.0 Å². The lowest BCUT2D eigenvalue weighted by atomic mass is 10.1. The number of nitrogens with one attached hydrogen (secondary N) is 3. The van der Waals surface area contributed by atoms with Crippen molar-refractivity contribution in [2.75, 3.05) is 18.5 Å². The zero-order valence-electron chi connectivity index (χ0n) is 18.2. The molecule has 0 radical (unpaired) electrons. The molecule has 31 heavy (non-hydrogen) atoms. The second-order valence-corrected chi connectivity index (χ2v) is 7.53. The van der Waals surface area contributed by atoms with Crippen LogP contribution in [0, 0.1) is 19.8 Å². The molecule has 164 valence electrons. The molecule has 3 N–H and O–H groups in total. The van der Waals surface area contributed by atoms with Crippen LogP contribution in [0.5, 0.6) is 5.75 Å². The lowest BCUT2D eigenvalue weighted by Gasteiger charge is -2.10. The van der Waals surface area contributed by atoms with E-state index in [-0.39, 0.29) is 18.4 Å². The minimum absolute atomic E-state index is 0.123. The van der Waals surface area contributed by atoms with Gasteiger partial charge in [0.15, 0.2) is 6.61 Å². The van der Waals surface area contributed by atoms with Gasteiger partial charge in [0.25, 0.3) is 5.91 Å². The van der Waals surface area contributed by atoms with Gasteiger partial charge in [-0.05, 0) is 61.2 Å². The number of hydrazone groups is 1. The highest BCUT2D eigenvalue weighted by molar-refractivity contribution is 6.35. The van der Waals surface area contributed by atoms with Crippen LogP contribution in [0.2, 0.25) is 0 Å². The van der Waals surface area contributed by atoms with Gasteiger partial charge in [0, 0.05) is 12.2 Å². The van der Waals surface area contributed by atoms with Gasteiger partial charge in [-0.3, -0.25) is 14.4 Å². The van der Waals surface area contributed by atoms with Gasteiger partial charge < -0.3 is 15.4 Å². The van der Waals surface area contributed by atoms with E-state index in [1.165, 1.54) is 6.21 Å². The number of hydrogen-bond acceptors (Lipinski definition) is 5. The molecule has 0 atom stereocenters. The molecule has 0 saturated carbocycles. The molecule has 0 saturated heterocycles. The molecular formula is C23H28N4O4. The smallest absolute Gasteiger partial charge is 0.329 e. The summed E-state index contributed by atoms with van der Waals surface area (Å²) in [4.78, 5) is 35.3. The molecule has 0 spiro atoms. The van der Waals surface area contributed by atoms with Crippen LogP contribution in [0.4, 0.5) is 5.69 Å². The molecule has 0 fully saturated rings. The van der Waals surface area contributed by atoms with Crippen molar-refractivity contribution >= 4 is 29.6 Å². The third-order valence-corrected chi connectivity index (χ3v) is 4.16. The number of carbonyl (C=O) groups is 3. The van der Waals surface area contributed by atoms with Crippen LogP contribution < -0.4 is 20.8 Å². The van der Waals surface area contributed by atoms with Crippen molar-refractivity contribution in [1.29, 1.82) is 0 Å². The van der Waals surface area contributed by atoms with Crippen molar-refractivity contribution in [3.8, 4) is 5.75 Å². The van der Waals surface area contributed by atoms with Gasteiger partial charge in [-0.25, -0.2) is 5.43 Å². The van der Waals surface area contributed by atoms with E-state index in [2.05, 4.69) is 21.2 Å². The Balaban J connectivity index is 1.78. The third-order valence-electron chi connectivity index (χ3n) is 4.16. The van der Waals surface area contributed by atoms with Crippen LogP contribution in [-0.2, 0) is 14.4 Å². The minimum Gasteiger partial charge on any atom is -0.484 e. The number of anilines is 1. The predicted molar refractivity (Wildman–Crippen MR) is 120 cm³/mol. The summed E-state index contributed by atoms with van der Waals surface area (Å²) in [5, 5.41) is 9.10. The predicted octanol–water partition coefficient (Wildman–Crippen LogP) is 2.54. The summed E-state index contributed by atoms with van der Waals surface area (Å²) in [6.45, 7) is 8.09. The number of ether oxygens (including phenoxy) is 1. The average molecular weight is 425 g/mol. The number of amides is 3. The number of hydrogen-bond donors (Lipinski definition) is 3. The molecule has 8 heteroatoms. The number of aryl methyl sites for hydroxylation is 2. The third kappa shape index (κ3) is 8.30. The average Bonchev–Trinajstić information content (AvgIpc) is 2.73. The summed E-state index contributed by atoms with van der Waals surface area (Å²) in [5.41, 5.74) is 5.74. The molecule has 0 bridgehead atoms. The van der Waals surface area contributed by atoms with E-state index in [0.717, 1.165) is 16.8 Å². The van der Waals surface area contributed by atoms with Crippen molar-refractivity contribution in [2.45, 2.75) is 27.7 Å². The molecule has 0 aliphatic rings. The van der Waals surface area contributed by atoms with Crippen molar-refractivity contribution in [3.05, 3.63) is 59.2 Å². The second-order valence-electron chi connectivity index (χ2n) is 7.53. The fourth-order valence-electron chi connectivity index (χ4n) is 2.53. The highest BCUT2D eigenvalue weighted by Gasteiger charge is 2.12. The van der Waals surface area contributed by atoms with Gasteiger partial charge in [0.2, 0.25) is 0 Å². The Morgan fingerprint density at radius 3 is 2.39 bits per heavy atom. The Labute approximate surface area is 182 Å². The van der Waals surface area contributed by atoms with Gasteiger partial charge in [-0.1, -0.05) is 31.5 Å². The van der Waals surface area contributed by atoms with Crippen molar-refractivity contribution in [1.82, 2.24) is 10.7 Å². The summed E-state index contributed by atoms with van der Waals surface area (Å²) in [7, 11) is 0. The first-order valence-corrected chi connectivity index (χ1v) is 9.96. The molecule has 2 aromatic rings. The lowest BCUT2D eigenvalue weighted by molar-refractivity contribution is -0.139. The molecule has 2 aromatic carbocycles. The van der Waals surface area contributed by atoms with Crippen LogP contribution in [-0.4, -0.2) is 37.1 Å². The summed E-state index contributed by atoms with van der Waals surface area (Å²) < 4.78 is 5.50. The Morgan fingerprint density at radius 2 is 1.74 bits per heavy atom. The maximum absolute atomic E-state index is 12.1. The molecule has 0 heterocycles. The molecule has 0 aliphatic carbocycles. The summed E-state index contributed by atoms with van der Waals surface area (Å²) in [6.07, 6.45) is 1.41. The highest BCUT2D eigenvalue weighted by Crippen LogP contribution is 2.16. The Kier molecular flexibility index (Phi) is 8.75. The van der Waals surface area contributed by atoms with Crippen LogP contribution >= 0.6 is 0 Å². The van der Waals surface area contributed by atoms with Crippen LogP contribution in [0.15, 0.2) is 47.6 Å². The van der Waals surface area contributed by atoms with E-state index in [1.54, 1.807) is 24.3 Å². The Bertz CT molecular complexity index is 953. The van der Waals surface area contributed by atoms with E-state index in [9.17, 15) is 14.4 Å².